The third-order valence-corrected chi connectivity index (χ3v) is 5.57. The van der Waals surface area contributed by atoms with E-state index < -0.39 is 6.10 Å². The molecule has 27 heavy (non-hydrogen) atoms. The van der Waals surface area contributed by atoms with Crippen LogP contribution in [0, 0.1) is 0 Å². The molecule has 0 saturated carbocycles. The number of Topliss-reactive ketones (excluding diaryl/α,β-unsaturated/α-hetero) is 1. The number of aromatic nitrogens is 1. The summed E-state index contributed by atoms with van der Waals surface area (Å²) in [6.07, 6.45) is -0.0897. The molecule has 0 spiro atoms. The number of halogens is 1. The summed E-state index contributed by atoms with van der Waals surface area (Å²) in [6.45, 7) is 2.39. The number of carbonyl (C=O) groups excluding carboxylic acids is 1. The van der Waals surface area contributed by atoms with E-state index in [4.69, 9.17) is 17.3 Å². The number of hydrogen-bond acceptors (Lipinski definition) is 4. The number of H-pyrrole nitrogens is 1. The second-order valence-electron chi connectivity index (χ2n) is 7.18. The van der Waals surface area contributed by atoms with E-state index >= 15 is 0 Å². The van der Waals surface area contributed by atoms with Gasteiger partial charge in [-0.15, -0.1) is 0 Å². The molecule has 5 N–H and O–H groups in total. The van der Waals surface area contributed by atoms with Gasteiger partial charge in [0.2, 0.25) is 0 Å². The van der Waals surface area contributed by atoms with Crippen molar-refractivity contribution in [3.8, 4) is 0 Å². The fourth-order valence-corrected chi connectivity index (χ4v) is 4.15. The van der Waals surface area contributed by atoms with E-state index in [1.165, 1.54) is 0 Å². The number of nitrogens with two attached hydrogens (primary N) is 1. The summed E-state index contributed by atoms with van der Waals surface area (Å²) in [5.41, 5.74) is 10.4. The van der Waals surface area contributed by atoms with Gasteiger partial charge in [0.15, 0.2) is 5.78 Å². The van der Waals surface area contributed by atoms with Crippen LogP contribution in [0.2, 0.25) is 5.02 Å². The van der Waals surface area contributed by atoms with Gasteiger partial charge in [-0.05, 0) is 42.2 Å². The lowest BCUT2D eigenvalue weighted by atomic mass is 9.99. The molecule has 6 heteroatoms. The second kappa shape index (κ2) is 7.09. The molecule has 3 unspecified atom stereocenters. The highest BCUT2D eigenvalue weighted by molar-refractivity contribution is 6.36. The van der Waals surface area contributed by atoms with Crippen LogP contribution in [0.25, 0.3) is 10.9 Å². The molecule has 0 aliphatic carbocycles. The summed E-state index contributed by atoms with van der Waals surface area (Å²) >= 11 is 6.57. The Labute approximate surface area is 162 Å². The standard InChI is InChI=1S/C21H22ClN3O2/c1-11(26)8-16(23)14-6-7-17-15(19(14)22)9-18(25-17)21(27)20-13-5-3-2-4-12(13)10-24-20/h2-7,9,11,16,20,24-26H,8,10,23H2,1H3. The molecule has 0 radical (unpaired) electrons. The summed E-state index contributed by atoms with van der Waals surface area (Å²) in [5, 5.41) is 14.2. The normalized spacial score (nSPS) is 18.4. The Bertz CT molecular complexity index is 1010. The smallest absolute Gasteiger partial charge is 0.200 e. The van der Waals surface area contributed by atoms with Gasteiger partial charge in [-0.25, -0.2) is 0 Å². The van der Waals surface area contributed by atoms with Crippen LogP contribution in [0.5, 0.6) is 0 Å². The molecule has 2 heterocycles. The molecular formula is C21H22ClN3O2. The predicted octanol–water partition coefficient (Wildman–Crippen LogP) is 3.62. The van der Waals surface area contributed by atoms with E-state index in [1.807, 2.05) is 36.4 Å². The van der Waals surface area contributed by atoms with E-state index in [1.54, 1.807) is 13.0 Å². The fourth-order valence-electron chi connectivity index (χ4n) is 3.79. The summed E-state index contributed by atoms with van der Waals surface area (Å²) in [4.78, 5) is 16.2. The molecule has 3 atom stereocenters. The lowest BCUT2D eigenvalue weighted by molar-refractivity contribution is 0.0944. The van der Waals surface area contributed by atoms with Crippen LogP contribution in [-0.2, 0) is 6.54 Å². The second-order valence-corrected chi connectivity index (χ2v) is 7.56. The van der Waals surface area contributed by atoms with Crippen molar-refractivity contribution in [3.63, 3.8) is 0 Å². The SMILES string of the molecule is CC(O)CC(N)c1ccc2[nH]c(C(=O)C3NCc4ccccc43)cc2c1Cl. The van der Waals surface area contributed by atoms with Crippen molar-refractivity contribution in [2.45, 2.75) is 38.1 Å². The Kier molecular flexibility index (Phi) is 4.78. The van der Waals surface area contributed by atoms with Crippen molar-refractivity contribution < 1.29 is 9.90 Å². The monoisotopic (exact) mass is 383 g/mol. The van der Waals surface area contributed by atoms with Crippen LogP contribution in [0.15, 0.2) is 42.5 Å². The number of rotatable bonds is 5. The van der Waals surface area contributed by atoms with Crippen LogP contribution in [0.4, 0.5) is 0 Å². The molecule has 1 aliphatic heterocycles. The first-order valence-electron chi connectivity index (χ1n) is 9.06. The van der Waals surface area contributed by atoms with Crippen molar-refractivity contribution in [1.82, 2.24) is 10.3 Å². The highest BCUT2D eigenvalue weighted by Crippen LogP contribution is 2.34. The number of carbonyl (C=O) groups is 1. The topological polar surface area (TPSA) is 91.1 Å². The first kappa shape index (κ1) is 18.2. The Balaban J connectivity index is 1.68. The minimum absolute atomic E-state index is 0.0120. The predicted molar refractivity (Wildman–Crippen MR) is 107 cm³/mol. The minimum Gasteiger partial charge on any atom is -0.393 e. The van der Waals surface area contributed by atoms with E-state index in [0.717, 1.165) is 27.6 Å². The number of nitrogens with one attached hydrogen (secondary N) is 2. The quantitative estimate of drug-likeness (QED) is 0.506. The van der Waals surface area contributed by atoms with Crippen molar-refractivity contribution in [3.05, 3.63) is 69.9 Å². The molecular weight excluding hydrogens is 362 g/mol. The highest BCUT2D eigenvalue weighted by atomic mass is 35.5. The zero-order valence-electron chi connectivity index (χ0n) is 15.0. The lowest BCUT2D eigenvalue weighted by Gasteiger charge is -2.15. The van der Waals surface area contributed by atoms with Gasteiger partial charge >= 0.3 is 0 Å². The van der Waals surface area contributed by atoms with Crippen LogP contribution in [0.1, 0.15) is 52.6 Å². The van der Waals surface area contributed by atoms with Crippen LogP contribution >= 0.6 is 11.6 Å². The molecule has 0 saturated heterocycles. The molecule has 140 valence electrons. The maximum atomic E-state index is 13.1. The fraction of sp³-hybridized carbons (Fsp3) is 0.286. The Hall–Kier alpha value is -2.18. The number of ketones is 1. The molecule has 3 aromatic rings. The van der Waals surface area contributed by atoms with Crippen molar-refractivity contribution in [1.29, 1.82) is 0 Å². The zero-order valence-corrected chi connectivity index (χ0v) is 15.8. The first-order chi connectivity index (χ1) is 13.0. The first-order valence-corrected chi connectivity index (χ1v) is 9.43. The average molecular weight is 384 g/mol. The highest BCUT2D eigenvalue weighted by Gasteiger charge is 2.29. The number of benzene rings is 2. The molecule has 2 aromatic carbocycles. The Morgan fingerprint density at radius 2 is 2.11 bits per heavy atom. The van der Waals surface area contributed by atoms with Crippen molar-refractivity contribution in [2.75, 3.05) is 0 Å². The maximum absolute atomic E-state index is 13.1. The van der Waals surface area contributed by atoms with Gasteiger partial charge in [0.05, 0.1) is 22.9 Å². The van der Waals surface area contributed by atoms with Crippen LogP contribution < -0.4 is 11.1 Å². The van der Waals surface area contributed by atoms with Gasteiger partial charge in [-0.1, -0.05) is 41.9 Å². The lowest BCUT2D eigenvalue weighted by Crippen LogP contribution is -2.22. The van der Waals surface area contributed by atoms with Gasteiger partial charge in [0.25, 0.3) is 0 Å². The summed E-state index contributed by atoms with van der Waals surface area (Å²) in [5.74, 6) is -0.0120. The largest absolute Gasteiger partial charge is 0.393 e. The Morgan fingerprint density at radius 1 is 1.33 bits per heavy atom. The zero-order chi connectivity index (χ0) is 19.1. The number of fused-ring (bicyclic) bond motifs is 2. The molecule has 0 amide bonds. The van der Waals surface area contributed by atoms with Crippen molar-refractivity contribution >= 4 is 28.3 Å². The van der Waals surface area contributed by atoms with Gasteiger partial charge in [-0.3, -0.25) is 10.1 Å². The number of aliphatic hydroxyl groups is 1. The molecule has 5 nitrogen and oxygen atoms in total. The van der Waals surface area contributed by atoms with Gasteiger partial charge < -0.3 is 15.8 Å². The molecule has 0 bridgehead atoms. The van der Waals surface area contributed by atoms with Crippen molar-refractivity contribution in [2.24, 2.45) is 5.73 Å². The van der Waals surface area contributed by atoms with Crippen LogP contribution in [0.3, 0.4) is 0 Å². The van der Waals surface area contributed by atoms with Gasteiger partial charge in [0.1, 0.15) is 0 Å². The van der Waals surface area contributed by atoms with Gasteiger partial charge in [0, 0.05) is 23.5 Å². The minimum atomic E-state index is -0.511. The van der Waals surface area contributed by atoms with Crippen LogP contribution in [-0.4, -0.2) is 22.0 Å². The number of aromatic amines is 1. The maximum Gasteiger partial charge on any atom is 0.200 e. The van der Waals surface area contributed by atoms with E-state index in [9.17, 15) is 9.90 Å². The number of aliphatic hydroxyl groups excluding tert-OH is 1. The summed E-state index contributed by atoms with van der Waals surface area (Å²) < 4.78 is 0. The molecule has 1 aliphatic rings. The molecule has 0 fully saturated rings. The third-order valence-electron chi connectivity index (χ3n) is 5.15. The molecule has 4 rings (SSSR count). The van der Waals surface area contributed by atoms with E-state index in [2.05, 4.69) is 10.3 Å². The molecule has 1 aromatic heterocycles. The average Bonchev–Trinajstić information content (AvgIpc) is 3.25. The Morgan fingerprint density at radius 3 is 2.89 bits per heavy atom. The number of hydrogen-bond donors (Lipinski definition) is 4. The van der Waals surface area contributed by atoms with Gasteiger partial charge in [-0.2, -0.15) is 0 Å². The van der Waals surface area contributed by atoms with E-state index in [-0.39, 0.29) is 17.9 Å². The summed E-state index contributed by atoms with van der Waals surface area (Å²) in [7, 11) is 0. The van der Waals surface area contributed by atoms with E-state index in [0.29, 0.717) is 23.7 Å². The summed E-state index contributed by atoms with van der Waals surface area (Å²) in [6, 6.07) is 12.8. The third kappa shape index (κ3) is 3.28.